The Hall–Kier alpha value is -3.15. The van der Waals surface area contributed by atoms with Gasteiger partial charge in [0.05, 0.1) is 0 Å². The maximum atomic E-state index is 12.9. The Morgan fingerprint density at radius 1 is 1.10 bits per heavy atom. The van der Waals surface area contributed by atoms with E-state index in [1.807, 2.05) is 45.0 Å². The minimum absolute atomic E-state index is 0.0679. The Morgan fingerprint density at radius 3 is 2.48 bits per heavy atom. The van der Waals surface area contributed by atoms with Crippen molar-refractivity contribution in [1.29, 1.82) is 0 Å². The quantitative estimate of drug-likeness (QED) is 0.652. The van der Waals surface area contributed by atoms with E-state index in [2.05, 4.69) is 15.6 Å². The van der Waals surface area contributed by atoms with Crippen molar-refractivity contribution in [1.82, 2.24) is 10.3 Å². The number of amides is 2. The molecule has 0 saturated heterocycles. The Labute approximate surface area is 169 Å². The SMILES string of the molecule is Cc1ccc(C(=O)NC(C(=O)Nc2ccc3oc(C4CC4)nc3c2)C(C)C)cc1. The lowest BCUT2D eigenvalue weighted by Gasteiger charge is -2.21. The highest BCUT2D eigenvalue weighted by molar-refractivity contribution is 6.01. The van der Waals surface area contributed by atoms with Gasteiger partial charge in [-0.3, -0.25) is 9.59 Å². The number of carbonyl (C=O) groups is 2. The second kappa shape index (κ2) is 7.70. The summed E-state index contributed by atoms with van der Waals surface area (Å²) >= 11 is 0. The van der Waals surface area contributed by atoms with Gasteiger partial charge in [0.1, 0.15) is 11.6 Å². The minimum atomic E-state index is -0.654. The summed E-state index contributed by atoms with van der Waals surface area (Å²) in [4.78, 5) is 30.0. The number of aryl methyl sites for hydroxylation is 1. The van der Waals surface area contributed by atoms with E-state index in [-0.39, 0.29) is 17.7 Å². The monoisotopic (exact) mass is 391 g/mol. The van der Waals surface area contributed by atoms with Crippen LogP contribution in [-0.2, 0) is 4.79 Å². The second-order valence-corrected chi connectivity index (χ2v) is 8.06. The van der Waals surface area contributed by atoms with Gasteiger partial charge in [0.25, 0.3) is 5.91 Å². The molecule has 1 aromatic heterocycles. The van der Waals surface area contributed by atoms with E-state index in [1.165, 1.54) is 0 Å². The molecule has 0 aliphatic heterocycles. The van der Waals surface area contributed by atoms with Crippen molar-refractivity contribution in [3.63, 3.8) is 0 Å². The fourth-order valence-corrected chi connectivity index (χ4v) is 3.21. The highest BCUT2D eigenvalue weighted by atomic mass is 16.3. The molecule has 1 unspecified atom stereocenters. The molecule has 0 spiro atoms. The number of nitrogens with zero attached hydrogens (tertiary/aromatic N) is 1. The molecule has 4 rings (SSSR count). The predicted octanol–water partition coefficient (Wildman–Crippen LogP) is 4.41. The second-order valence-electron chi connectivity index (χ2n) is 8.06. The minimum Gasteiger partial charge on any atom is -0.440 e. The molecule has 6 heteroatoms. The van der Waals surface area contributed by atoms with Crippen molar-refractivity contribution in [2.24, 2.45) is 5.92 Å². The first-order valence-electron chi connectivity index (χ1n) is 9.99. The predicted molar refractivity (Wildman–Crippen MR) is 112 cm³/mol. The molecule has 6 nitrogen and oxygen atoms in total. The lowest BCUT2D eigenvalue weighted by Crippen LogP contribution is -2.47. The summed E-state index contributed by atoms with van der Waals surface area (Å²) in [5.41, 5.74) is 3.69. The van der Waals surface area contributed by atoms with Gasteiger partial charge in [-0.2, -0.15) is 0 Å². The highest BCUT2D eigenvalue weighted by Gasteiger charge is 2.29. The van der Waals surface area contributed by atoms with Gasteiger partial charge in [0, 0.05) is 17.2 Å². The van der Waals surface area contributed by atoms with Crippen LogP contribution in [0.1, 0.15) is 54.4 Å². The summed E-state index contributed by atoms with van der Waals surface area (Å²) in [6.45, 7) is 5.77. The molecule has 150 valence electrons. The number of aromatic nitrogens is 1. The lowest BCUT2D eigenvalue weighted by molar-refractivity contribution is -0.118. The third kappa shape index (κ3) is 4.31. The number of hydrogen-bond acceptors (Lipinski definition) is 4. The molecule has 29 heavy (non-hydrogen) atoms. The number of fused-ring (bicyclic) bond motifs is 1. The van der Waals surface area contributed by atoms with Gasteiger partial charge in [0.15, 0.2) is 11.5 Å². The van der Waals surface area contributed by atoms with Crippen molar-refractivity contribution < 1.29 is 14.0 Å². The zero-order valence-electron chi connectivity index (χ0n) is 16.9. The van der Waals surface area contributed by atoms with Gasteiger partial charge in [0.2, 0.25) is 5.91 Å². The summed E-state index contributed by atoms with van der Waals surface area (Å²) in [5, 5.41) is 5.75. The standard InChI is InChI=1S/C23H25N3O3/c1-13(2)20(26-21(27)15-6-4-14(3)5-7-15)22(28)24-17-10-11-19-18(12-17)25-23(29-19)16-8-9-16/h4-7,10-13,16,20H,8-9H2,1-3H3,(H,24,28)(H,26,27). The fraction of sp³-hybridized carbons (Fsp3) is 0.348. The molecule has 0 bridgehead atoms. The summed E-state index contributed by atoms with van der Waals surface area (Å²) < 4.78 is 5.77. The molecule has 1 fully saturated rings. The third-order valence-corrected chi connectivity index (χ3v) is 5.15. The van der Waals surface area contributed by atoms with Gasteiger partial charge >= 0.3 is 0 Å². The molecular formula is C23H25N3O3. The number of rotatable bonds is 6. The number of carbonyl (C=O) groups excluding carboxylic acids is 2. The summed E-state index contributed by atoms with van der Waals surface area (Å²) in [6, 6.07) is 12.0. The van der Waals surface area contributed by atoms with Crippen LogP contribution in [0.3, 0.4) is 0 Å². The molecule has 1 heterocycles. The van der Waals surface area contributed by atoms with Gasteiger partial charge in [-0.25, -0.2) is 4.98 Å². The van der Waals surface area contributed by atoms with Gasteiger partial charge in [-0.15, -0.1) is 0 Å². The molecule has 2 N–H and O–H groups in total. The van der Waals surface area contributed by atoms with E-state index < -0.39 is 6.04 Å². The smallest absolute Gasteiger partial charge is 0.251 e. The van der Waals surface area contributed by atoms with Crippen LogP contribution in [0.2, 0.25) is 0 Å². The van der Waals surface area contributed by atoms with Gasteiger partial charge in [-0.05, 0) is 56.0 Å². The lowest BCUT2D eigenvalue weighted by atomic mass is 10.0. The number of nitrogens with one attached hydrogen (secondary N) is 2. The van der Waals surface area contributed by atoms with Crippen molar-refractivity contribution in [2.75, 3.05) is 5.32 Å². The summed E-state index contributed by atoms with van der Waals surface area (Å²) in [7, 11) is 0. The average molecular weight is 391 g/mol. The Morgan fingerprint density at radius 2 is 1.83 bits per heavy atom. The molecule has 3 aromatic rings. The van der Waals surface area contributed by atoms with Crippen LogP contribution in [0.15, 0.2) is 46.9 Å². The number of anilines is 1. The Bertz CT molecular complexity index is 1050. The van der Waals surface area contributed by atoms with Crippen molar-refractivity contribution in [2.45, 2.75) is 45.6 Å². The average Bonchev–Trinajstić information content (AvgIpc) is 3.45. The maximum Gasteiger partial charge on any atom is 0.251 e. The Balaban J connectivity index is 1.47. The van der Waals surface area contributed by atoms with Crippen molar-refractivity contribution in [3.8, 4) is 0 Å². The van der Waals surface area contributed by atoms with Gasteiger partial charge in [-0.1, -0.05) is 31.5 Å². The van der Waals surface area contributed by atoms with Crippen LogP contribution in [0.4, 0.5) is 5.69 Å². The van der Waals surface area contributed by atoms with E-state index in [0.29, 0.717) is 17.2 Å². The van der Waals surface area contributed by atoms with Crippen molar-refractivity contribution in [3.05, 3.63) is 59.5 Å². The molecular weight excluding hydrogens is 366 g/mol. The number of oxazole rings is 1. The van der Waals surface area contributed by atoms with Crippen LogP contribution in [0.5, 0.6) is 0 Å². The topological polar surface area (TPSA) is 84.2 Å². The summed E-state index contributed by atoms with van der Waals surface area (Å²) in [5.74, 6) is 0.615. The van der Waals surface area contributed by atoms with Crippen LogP contribution in [0.25, 0.3) is 11.1 Å². The molecule has 2 aromatic carbocycles. The Kier molecular flexibility index (Phi) is 5.09. The summed E-state index contributed by atoms with van der Waals surface area (Å²) in [6.07, 6.45) is 2.24. The van der Waals surface area contributed by atoms with Crippen molar-refractivity contribution >= 4 is 28.6 Å². The third-order valence-electron chi connectivity index (χ3n) is 5.15. The zero-order valence-corrected chi connectivity index (χ0v) is 16.9. The van der Waals surface area contributed by atoms with Crippen LogP contribution in [0, 0.1) is 12.8 Å². The van der Waals surface area contributed by atoms with E-state index in [0.717, 1.165) is 35.4 Å². The maximum absolute atomic E-state index is 12.9. The molecule has 0 radical (unpaired) electrons. The first-order valence-corrected chi connectivity index (χ1v) is 9.99. The van der Waals surface area contributed by atoms with Crippen LogP contribution in [-0.4, -0.2) is 22.8 Å². The first kappa shape index (κ1) is 19.2. The van der Waals surface area contributed by atoms with Gasteiger partial charge < -0.3 is 15.1 Å². The van der Waals surface area contributed by atoms with E-state index in [1.54, 1.807) is 18.2 Å². The molecule has 1 atom stereocenters. The fourth-order valence-electron chi connectivity index (χ4n) is 3.21. The van der Waals surface area contributed by atoms with E-state index >= 15 is 0 Å². The number of benzene rings is 2. The van der Waals surface area contributed by atoms with Crippen LogP contribution >= 0.6 is 0 Å². The molecule has 2 amide bonds. The molecule has 1 saturated carbocycles. The number of hydrogen-bond donors (Lipinski definition) is 2. The largest absolute Gasteiger partial charge is 0.440 e. The molecule has 1 aliphatic carbocycles. The van der Waals surface area contributed by atoms with Crippen LogP contribution < -0.4 is 10.6 Å². The highest BCUT2D eigenvalue weighted by Crippen LogP contribution is 2.40. The first-order chi connectivity index (χ1) is 13.9. The van der Waals surface area contributed by atoms with E-state index in [9.17, 15) is 9.59 Å². The van der Waals surface area contributed by atoms with E-state index in [4.69, 9.17) is 4.42 Å². The zero-order chi connectivity index (χ0) is 20.5. The normalized spacial score (nSPS) is 14.8. The molecule has 1 aliphatic rings.